The Labute approximate surface area is 65.7 Å². The highest BCUT2D eigenvalue weighted by molar-refractivity contribution is 5.53. The topological polar surface area (TPSA) is 46.2 Å². The van der Waals surface area contributed by atoms with E-state index in [1.807, 2.05) is 6.07 Å². The fourth-order valence-corrected chi connectivity index (χ4v) is 1.23. The molecule has 1 aliphatic rings. The molecule has 2 rings (SSSR count). The SMILES string of the molecule is Nc1ccc(C2CC2)cc1O. The van der Waals surface area contributed by atoms with E-state index in [4.69, 9.17) is 5.73 Å². The molecule has 0 aromatic heterocycles. The molecule has 2 heteroatoms. The summed E-state index contributed by atoms with van der Waals surface area (Å²) in [5.74, 6) is 0.899. The number of hydrogen-bond acceptors (Lipinski definition) is 2. The summed E-state index contributed by atoms with van der Waals surface area (Å²) in [5.41, 5.74) is 7.15. The van der Waals surface area contributed by atoms with Crippen molar-refractivity contribution in [3.05, 3.63) is 23.8 Å². The van der Waals surface area contributed by atoms with E-state index in [1.165, 1.54) is 18.4 Å². The highest BCUT2D eigenvalue weighted by Gasteiger charge is 2.23. The molecule has 2 nitrogen and oxygen atoms in total. The Morgan fingerprint density at radius 3 is 2.64 bits per heavy atom. The number of anilines is 1. The monoisotopic (exact) mass is 149 g/mol. The number of benzene rings is 1. The van der Waals surface area contributed by atoms with Gasteiger partial charge in [-0.15, -0.1) is 0 Å². The number of rotatable bonds is 1. The van der Waals surface area contributed by atoms with Gasteiger partial charge in [0, 0.05) is 0 Å². The van der Waals surface area contributed by atoms with Crippen molar-refractivity contribution < 1.29 is 5.11 Å². The van der Waals surface area contributed by atoms with Crippen LogP contribution in [0.3, 0.4) is 0 Å². The quantitative estimate of drug-likeness (QED) is 0.473. The van der Waals surface area contributed by atoms with Crippen LogP contribution in [0.15, 0.2) is 18.2 Å². The first-order valence-electron chi connectivity index (χ1n) is 3.86. The lowest BCUT2D eigenvalue weighted by Crippen LogP contribution is -1.86. The van der Waals surface area contributed by atoms with Crippen LogP contribution in [0.5, 0.6) is 5.75 Å². The van der Waals surface area contributed by atoms with Crippen molar-refractivity contribution in [1.82, 2.24) is 0 Å². The van der Waals surface area contributed by atoms with Crippen molar-refractivity contribution in [2.24, 2.45) is 0 Å². The van der Waals surface area contributed by atoms with E-state index in [1.54, 1.807) is 12.1 Å². The van der Waals surface area contributed by atoms with Crippen molar-refractivity contribution in [2.45, 2.75) is 18.8 Å². The van der Waals surface area contributed by atoms with Gasteiger partial charge >= 0.3 is 0 Å². The zero-order chi connectivity index (χ0) is 7.84. The first-order chi connectivity index (χ1) is 5.27. The third kappa shape index (κ3) is 1.16. The molecule has 0 amide bonds. The smallest absolute Gasteiger partial charge is 0.138 e. The van der Waals surface area contributed by atoms with Crippen molar-refractivity contribution in [3.63, 3.8) is 0 Å². The third-order valence-electron chi connectivity index (χ3n) is 2.10. The first-order valence-corrected chi connectivity index (χ1v) is 3.86. The van der Waals surface area contributed by atoms with Crippen molar-refractivity contribution in [3.8, 4) is 5.75 Å². The van der Waals surface area contributed by atoms with Gasteiger partial charge in [0.05, 0.1) is 5.69 Å². The molecule has 1 aromatic rings. The maximum atomic E-state index is 9.25. The fourth-order valence-electron chi connectivity index (χ4n) is 1.23. The average molecular weight is 149 g/mol. The standard InChI is InChI=1S/C9H11NO/c10-8-4-3-7(5-9(8)11)6-1-2-6/h3-6,11H,1-2,10H2. The van der Waals surface area contributed by atoms with E-state index >= 15 is 0 Å². The summed E-state index contributed by atoms with van der Waals surface area (Å²) < 4.78 is 0. The Kier molecular flexibility index (Phi) is 1.28. The molecule has 1 saturated carbocycles. The number of nitrogens with two attached hydrogens (primary N) is 1. The molecule has 11 heavy (non-hydrogen) atoms. The van der Waals surface area contributed by atoms with Crippen LogP contribution in [0.2, 0.25) is 0 Å². The second kappa shape index (κ2) is 2.16. The van der Waals surface area contributed by atoms with Crippen LogP contribution in [0, 0.1) is 0 Å². The lowest BCUT2D eigenvalue weighted by molar-refractivity contribution is 0.477. The lowest BCUT2D eigenvalue weighted by atomic mass is 10.1. The molecule has 0 aliphatic heterocycles. The van der Waals surface area contributed by atoms with Gasteiger partial charge in [-0.05, 0) is 36.5 Å². The van der Waals surface area contributed by atoms with Crippen LogP contribution in [-0.4, -0.2) is 5.11 Å². The second-order valence-corrected chi connectivity index (χ2v) is 3.09. The van der Waals surface area contributed by atoms with Gasteiger partial charge in [0.2, 0.25) is 0 Å². The Hall–Kier alpha value is -1.18. The predicted octanol–water partition coefficient (Wildman–Crippen LogP) is 1.85. The highest BCUT2D eigenvalue weighted by Crippen LogP contribution is 2.41. The summed E-state index contributed by atoms with van der Waals surface area (Å²) >= 11 is 0. The normalized spacial score (nSPS) is 16.7. The Morgan fingerprint density at radius 2 is 2.09 bits per heavy atom. The number of hydrogen-bond donors (Lipinski definition) is 2. The molecule has 0 unspecified atom stereocenters. The van der Waals surface area contributed by atoms with Gasteiger partial charge in [-0.3, -0.25) is 0 Å². The molecule has 1 aromatic carbocycles. The van der Waals surface area contributed by atoms with Crippen molar-refractivity contribution >= 4 is 5.69 Å². The van der Waals surface area contributed by atoms with E-state index in [2.05, 4.69) is 0 Å². The maximum Gasteiger partial charge on any atom is 0.138 e. The first kappa shape index (κ1) is 6.53. The van der Waals surface area contributed by atoms with Gasteiger partial charge in [0.15, 0.2) is 0 Å². The van der Waals surface area contributed by atoms with Crippen molar-refractivity contribution in [2.75, 3.05) is 5.73 Å². The van der Waals surface area contributed by atoms with E-state index in [0.29, 0.717) is 11.6 Å². The minimum Gasteiger partial charge on any atom is -0.506 e. The number of nitrogen functional groups attached to an aromatic ring is 1. The van der Waals surface area contributed by atoms with Gasteiger partial charge in [-0.2, -0.15) is 0 Å². The molecule has 58 valence electrons. The van der Waals surface area contributed by atoms with Gasteiger partial charge < -0.3 is 10.8 Å². The fraction of sp³-hybridized carbons (Fsp3) is 0.333. The van der Waals surface area contributed by atoms with E-state index in [0.717, 1.165) is 0 Å². The second-order valence-electron chi connectivity index (χ2n) is 3.09. The van der Waals surface area contributed by atoms with Crippen LogP contribution in [0.4, 0.5) is 5.69 Å². The Balaban J connectivity index is 2.36. The van der Waals surface area contributed by atoms with Crippen LogP contribution < -0.4 is 5.73 Å². The summed E-state index contributed by atoms with van der Waals surface area (Å²) in [5, 5.41) is 9.25. The van der Waals surface area contributed by atoms with Gasteiger partial charge in [-0.25, -0.2) is 0 Å². The molecule has 0 heterocycles. The van der Waals surface area contributed by atoms with Gasteiger partial charge in [-0.1, -0.05) is 6.07 Å². The van der Waals surface area contributed by atoms with E-state index in [9.17, 15) is 5.11 Å². The Morgan fingerprint density at radius 1 is 1.36 bits per heavy atom. The molecule has 0 bridgehead atoms. The molecule has 1 fully saturated rings. The minimum atomic E-state index is 0.217. The number of aromatic hydroxyl groups is 1. The van der Waals surface area contributed by atoms with Crippen LogP contribution >= 0.6 is 0 Å². The van der Waals surface area contributed by atoms with Crippen LogP contribution in [-0.2, 0) is 0 Å². The molecule has 3 N–H and O–H groups in total. The summed E-state index contributed by atoms with van der Waals surface area (Å²) in [6, 6.07) is 5.53. The average Bonchev–Trinajstić information content (AvgIpc) is 2.77. The summed E-state index contributed by atoms with van der Waals surface area (Å²) in [6.07, 6.45) is 2.51. The third-order valence-corrected chi connectivity index (χ3v) is 2.10. The molecule has 0 spiro atoms. The van der Waals surface area contributed by atoms with Crippen molar-refractivity contribution in [1.29, 1.82) is 0 Å². The highest BCUT2D eigenvalue weighted by atomic mass is 16.3. The minimum absolute atomic E-state index is 0.217. The maximum absolute atomic E-state index is 9.25. The van der Waals surface area contributed by atoms with Gasteiger partial charge in [0.25, 0.3) is 0 Å². The number of phenols is 1. The number of phenolic OH excluding ortho intramolecular Hbond substituents is 1. The molecular weight excluding hydrogens is 138 g/mol. The predicted molar refractivity (Wildman–Crippen MR) is 44.5 cm³/mol. The van der Waals surface area contributed by atoms with Crippen LogP contribution in [0.1, 0.15) is 24.3 Å². The van der Waals surface area contributed by atoms with Gasteiger partial charge in [0.1, 0.15) is 5.75 Å². The zero-order valence-corrected chi connectivity index (χ0v) is 6.25. The zero-order valence-electron chi connectivity index (χ0n) is 6.25. The molecule has 0 saturated heterocycles. The molecule has 1 aliphatic carbocycles. The molecule has 0 atom stereocenters. The summed E-state index contributed by atoms with van der Waals surface area (Å²) in [6.45, 7) is 0. The summed E-state index contributed by atoms with van der Waals surface area (Å²) in [7, 11) is 0. The summed E-state index contributed by atoms with van der Waals surface area (Å²) in [4.78, 5) is 0. The lowest BCUT2D eigenvalue weighted by Gasteiger charge is -2.01. The van der Waals surface area contributed by atoms with E-state index < -0.39 is 0 Å². The molecule has 0 radical (unpaired) electrons. The largest absolute Gasteiger partial charge is 0.506 e. The van der Waals surface area contributed by atoms with E-state index in [-0.39, 0.29) is 5.75 Å². The Bertz CT molecular complexity index is 279. The molecular formula is C9H11NO. The van der Waals surface area contributed by atoms with Crippen LogP contribution in [0.25, 0.3) is 0 Å².